The number of sulfone groups is 1. The normalized spacial score (nSPS) is 21.8. The van der Waals surface area contributed by atoms with Crippen LogP contribution in [0.4, 0.5) is 0 Å². The molecule has 1 fully saturated rings. The number of carbonyl (C=O) groups excluding carboxylic acids is 1. The molecule has 1 aromatic carbocycles. The number of halogens is 3. The molecule has 0 spiro atoms. The molecule has 5 nitrogen and oxygen atoms in total. The first-order chi connectivity index (χ1) is 10.6. The number of carbonyl (C=O) groups is 1. The van der Waals surface area contributed by atoms with Crippen molar-refractivity contribution in [1.82, 2.24) is 10.6 Å². The van der Waals surface area contributed by atoms with Crippen molar-refractivity contribution in [2.75, 3.05) is 11.5 Å². The lowest BCUT2D eigenvalue weighted by Gasteiger charge is -2.29. The Balaban J connectivity index is 2.11. The summed E-state index contributed by atoms with van der Waals surface area (Å²) in [6.07, 6.45) is -0.585. The summed E-state index contributed by atoms with van der Waals surface area (Å²) in [5, 5.41) is 5.55. The molecule has 23 heavy (non-hydrogen) atoms. The molecule has 0 aliphatic carbocycles. The number of nitrogens with one attached hydrogen (secondary N) is 2. The van der Waals surface area contributed by atoms with Gasteiger partial charge in [-0.1, -0.05) is 53.0 Å². The van der Waals surface area contributed by atoms with E-state index in [1.807, 2.05) is 6.07 Å². The molecule has 128 valence electrons. The van der Waals surface area contributed by atoms with E-state index in [0.29, 0.717) is 12.0 Å². The van der Waals surface area contributed by atoms with E-state index in [1.54, 1.807) is 25.1 Å². The summed E-state index contributed by atoms with van der Waals surface area (Å²) in [5.74, 6) is -0.347. The fourth-order valence-corrected chi connectivity index (χ4v) is 4.46. The van der Waals surface area contributed by atoms with E-state index in [-0.39, 0.29) is 17.5 Å². The Bertz CT molecular complexity index is 689. The summed E-state index contributed by atoms with van der Waals surface area (Å²) in [5.41, 5.74) is 1.25. The first kappa shape index (κ1) is 18.8. The third-order valence-corrected chi connectivity index (χ3v) is 6.05. The van der Waals surface area contributed by atoms with E-state index in [0.717, 1.165) is 5.56 Å². The van der Waals surface area contributed by atoms with Crippen LogP contribution in [-0.4, -0.2) is 41.8 Å². The van der Waals surface area contributed by atoms with Gasteiger partial charge in [-0.05, 0) is 25.0 Å². The van der Waals surface area contributed by atoms with Crippen LogP contribution in [0.3, 0.4) is 0 Å². The minimum atomic E-state index is -3.08. The molecule has 1 aromatic rings. The van der Waals surface area contributed by atoms with Crippen molar-refractivity contribution in [3.8, 4) is 0 Å². The van der Waals surface area contributed by atoms with Crippen molar-refractivity contribution in [2.45, 2.75) is 29.3 Å². The van der Waals surface area contributed by atoms with E-state index in [4.69, 9.17) is 34.8 Å². The lowest BCUT2D eigenvalue weighted by atomic mass is 10.1. The maximum Gasteiger partial charge on any atom is 0.252 e. The van der Waals surface area contributed by atoms with Crippen molar-refractivity contribution >= 4 is 50.5 Å². The topological polar surface area (TPSA) is 75.3 Å². The summed E-state index contributed by atoms with van der Waals surface area (Å²) in [6.45, 7) is 1.80. The first-order valence-corrected chi connectivity index (χ1v) is 9.94. The zero-order valence-electron chi connectivity index (χ0n) is 12.4. The van der Waals surface area contributed by atoms with Gasteiger partial charge in [0.2, 0.25) is 3.79 Å². The van der Waals surface area contributed by atoms with Crippen LogP contribution < -0.4 is 10.6 Å². The van der Waals surface area contributed by atoms with Gasteiger partial charge in [0, 0.05) is 11.6 Å². The summed E-state index contributed by atoms with van der Waals surface area (Å²) < 4.78 is 21.3. The van der Waals surface area contributed by atoms with Crippen molar-refractivity contribution in [1.29, 1.82) is 0 Å². The molecule has 1 aliphatic heterocycles. The Hall–Kier alpha value is -0.530. The minimum absolute atomic E-state index is 0.0372. The highest BCUT2D eigenvalue weighted by Gasteiger charge is 2.38. The minimum Gasteiger partial charge on any atom is -0.333 e. The van der Waals surface area contributed by atoms with Gasteiger partial charge in [0.05, 0.1) is 11.5 Å². The number of hydrogen-bond donors (Lipinski definition) is 2. The van der Waals surface area contributed by atoms with Crippen LogP contribution in [0.1, 0.15) is 22.3 Å². The van der Waals surface area contributed by atoms with Crippen molar-refractivity contribution in [2.24, 2.45) is 0 Å². The molecule has 0 radical (unpaired) electrons. The molecule has 2 N–H and O–H groups in total. The molecular formula is C14H17Cl3N2O3S. The van der Waals surface area contributed by atoms with Crippen molar-refractivity contribution in [3.05, 3.63) is 35.4 Å². The van der Waals surface area contributed by atoms with E-state index >= 15 is 0 Å². The molecule has 1 saturated heterocycles. The van der Waals surface area contributed by atoms with Gasteiger partial charge in [-0.2, -0.15) is 0 Å². The molecule has 9 heteroatoms. The Morgan fingerprint density at radius 1 is 1.30 bits per heavy atom. The Morgan fingerprint density at radius 2 is 1.96 bits per heavy atom. The van der Waals surface area contributed by atoms with Crippen LogP contribution in [0.25, 0.3) is 0 Å². The quantitative estimate of drug-likeness (QED) is 0.601. The average molecular weight is 400 g/mol. The molecule has 0 saturated carbocycles. The molecule has 1 heterocycles. The molecule has 1 amide bonds. The van der Waals surface area contributed by atoms with Gasteiger partial charge in [-0.25, -0.2) is 8.42 Å². The van der Waals surface area contributed by atoms with Gasteiger partial charge in [0.15, 0.2) is 9.84 Å². The Kier molecular flexibility index (Phi) is 5.85. The third-order valence-electron chi connectivity index (χ3n) is 3.63. The predicted octanol–water partition coefficient (Wildman–Crippen LogP) is 2.20. The Morgan fingerprint density at radius 3 is 2.48 bits per heavy atom. The van der Waals surface area contributed by atoms with Crippen LogP contribution >= 0.6 is 34.8 Å². The molecule has 0 bridgehead atoms. The summed E-state index contributed by atoms with van der Waals surface area (Å²) in [4.78, 5) is 12.4. The van der Waals surface area contributed by atoms with Crippen molar-refractivity contribution in [3.63, 3.8) is 0 Å². The third kappa shape index (κ3) is 5.22. The fourth-order valence-electron chi connectivity index (χ4n) is 2.42. The highest BCUT2D eigenvalue weighted by Crippen LogP contribution is 2.30. The molecule has 2 atom stereocenters. The van der Waals surface area contributed by atoms with Gasteiger partial charge >= 0.3 is 0 Å². The highest BCUT2D eigenvalue weighted by molar-refractivity contribution is 7.91. The largest absolute Gasteiger partial charge is 0.333 e. The van der Waals surface area contributed by atoms with E-state index in [2.05, 4.69) is 10.6 Å². The van der Waals surface area contributed by atoms with Crippen LogP contribution in [-0.2, 0) is 9.84 Å². The SMILES string of the molecule is Cc1ccccc1C(=O)N[C@@H](N[C@@H]1CCS(=O)(=O)C1)C(Cl)(Cl)Cl. The number of alkyl halides is 3. The molecule has 1 aliphatic rings. The summed E-state index contributed by atoms with van der Waals surface area (Å²) in [7, 11) is -3.08. The maximum absolute atomic E-state index is 12.4. The lowest BCUT2D eigenvalue weighted by Crippen LogP contribution is -2.56. The second-order valence-electron chi connectivity index (χ2n) is 5.53. The van der Waals surface area contributed by atoms with E-state index in [1.165, 1.54) is 0 Å². The van der Waals surface area contributed by atoms with Crippen LogP contribution in [0, 0.1) is 6.92 Å². The van der Waals surface area contributed by atoms with E-state index in [9.17, 15) is 13.2 Å². The maximum atomic E-state index is 12.4. The van der Waals surface area contributed by atoms with Crippen LogP contribution in [0.5, 0.6) is 0 Å². The first-order valence-electron chi connectivity index (χ1n) is 6.98. The van der Waals surface area contributed by atoms with Gasteiger partial charge in [0.1, 0.15) is 6.17 Å². The predicted molar refractivity (Wildman–Crippen MR) is 92.9 cm³/mol. The van der Waals surface area contributed by atoms with Crippen LogP contribution in [0.15, 0.2) is 24.3 Å². The van der Waals surface area contributed by atoms with E-state index < -0.39 is 25.7 Å². The number of benzene rings is 1. The molecular weight excluding hydrogens is 383 g/mol. The van der Waals surface area contributed by atoms with Gasteiger partial charge < -0.3 is 5.32 Å². The standard InChI is InChI=1S/C14H17Cl3N2O3S/c1-9-4-2-3-5-11(9)12(20)19-13(14(15,16)17)18-10-6-7-23(21,22)8-10/h2-5,10,13,18H,6-8H2,1H3,(H,19,20)/t10-,13-/m1/s1. The average Bonchev–Trinajstić information content (AvgIpc) is 2.76. The smallest absolute Gasteiger partial charge is 0.252 e. The molecule has 0 unspecified atom stereocenters. The number of rotatable bonds is 4. The molecule has 0 aromatic heterocycles. The fraction of sp³-hybridized carbons (Fsp3) is 0.500. The second-order valence-corrected chi connectivity index (χ2v) is 10.1. The lowest BCUT2D eigenvalue weighted by molar-refractivity contribution is 0.0926. The van der Waals surface area contributed by atoms with Crippen molar-refractivity contribution < 1.29 is 13.2 Å². The number of aryl methyl sites for hydroxylation is 1. The summed E-state index contributed by atoms with van der Waals surface area (Å²) in [6, 6.07) is 6.66. The van der Waals surface area contributed by atoms with Gasteiger partial charge in [-0.15, -0.1) is 0 Å². The van der Waals surface area contributed by atoms with Gasteiger partial charge in [0.25, 0.3) is 5.91 Å². The van der Waals surface area contributed by atoms with Gasteiger partial charge in [-0.3, -0.25) is 10.1 Å². The zero-order chi connectivity index (χ0) is 17.3. The molecule has 2 rings (SSSR count). The monoisotopic (exact) mass is 398 g/mol. The van der Waals surface area contributed by atoms with Crippen LogP contribution in [0.2, 0.25) is 0 Å². The Labute approximate surface area is 150 Å². The summed E-state index contributed by atoms with van der Waals surface area (Å²) >= 11 is 17.8. The number of amides is 1. The second kappa shape index (κ2) is 7.15. The number of hydrogen-bond acceptors (Lipinski definition) is 4. The highest BCUT2D eigenvalue weighted by atomic mass is 35.6. The zero-order valence-corrected chi connectivity index (χ0v) is 15.4.